The molecule has 1 unspecified atom stereocenters. The second-order valence-electron chi connectivity index (χ2n) is 10.0. The average molecular weight is 594 g/mol. The Kier molecular flexibility index (Phi) is 8.08. The summed E-state index contributed by atoms with van der Waals surface area (Å²) >= 11 is 7.96. The molecular formula is C33H28ClN5O2S. The molecule has 2 amide bonds. The third-order valence-electron chi connectivity index (χ3n) is 7.06. The Bertz CT molecular complexity index is 1730. The molecule has 7 nitrogen and oxygen atoms in total. The third kappa shape index (κ3) is 5.82. The highest BCUT2D eigenvalue weighted by molar-refractivity contribution is 8.00. The molecule has 0 saturated heterocycles. The van der Waals surface area contributed by atoms with Crippen molar-refractivity contribution in [1.29, 1.82) is 0 Å². The maximum absolute atomic E-state index is 13.9. The summed E-state index contributed by atoms with van der Waals surface area (Å²) in [5, 5.41) is 8.41. The molecule has 0 bridgehead atoms. The van der Waals surface area contributed by atoms with Crippen LogP contribution in [0.2, 0.25) is 5.02 Å². The molecule has 1 aliphatic heterocycles. The van der Waals surface area contributed by atoms with Gasteiger partial charge in [-0.1, -0.05) is 77.8 Å². The lowest BCUT2D eigenvalue weighted by Crippen LogP contribution is -2.42. The monoisotopic (exact) mass is 593 g/mol. The van der Waals surface area contributed by atoms with Gasteiger partial charge in [-0.05, 0) is 48.9 Å². The van der Waals surface area contributed by atoms with Crippen LogP contribution in [0.15, 0.2) is 103 Å². The van der Waals surface area contributed by atoms with E-state index >= 15 is 0 Å². The van der Waals surface area contributed by atoms with Crippen LogP contribution in [0.25, 0.3) is 16.9 Å². The van der Waals surface area contributed by atoms with Crippen LogP contribution in [0.3, 0.4) is 0 Å². The number of hydrogen-bond donors (Lipinski definition) is 1. The number of fused-ring (bicyclic) bond motifs is 1. The molecule has 2 aromatic heterocycles. The first-order valence-electron chi connectivity index (χ1n) is 13.6. The largest absolute Gasteiger partial charge is 0.349 e. The smallest absolute Gasteiger partial charge is 0.240 e. The number of aryl methyl sites for hydroxylation is 1. The number of halogens is 1. The topological polar surface area (TPSA) is 80.1 Å². The zero-order valence-electron chi connectivity index (χ0n) is 22.9. The van der Waals surface area contributed by atoms with Crippen molar-refractivity contribution in [3.05, 3.63) is 131 Å². The van der Waals surface area contributed by atoms with Gasteiger partial charge in [0.1, 0.15) is 12.4 Å². The molecule has 5 aromatic rings. The van der Waals surface area contributed by atoms with Crippen LogP contribution in [-0.4, -0.2) is 38.9 Å². The van der Waals surface area contributed by atoms with E-state index in [0.29, 0.717) is 10.8 Å². The molecule has 0 fully saturated rings. The maximum atomic E-state index is 13.9. The van der Waals surface area contributed by atoms with Crippen molar-refractivity contribution in [3.8, 4) is 16.9 Å². The van der Waals surface area contributed by atoms with Gasteiger partial charge in [0, 0.05) is 22.3 Å². The summed E-state index contributed by atoms with van der Waals surface area (Å²) in [5.74, 6) is 0.294. The first-order valence-corrected chi connectivity index (χ1v) is 15.0. The Morgan fingerprint density at radius 3 is 2.52 bits per heavy atom. The van der Waals surface area contributed by atoms with E-state index in [2.05, 4.69) is 10.3 Å². The summed E-state index contributed by atoms with van der Waals surface area (Å²) in [6.45, 7) is 2.13. The average Bonchev–Trinajstić information content (AvgIpc) is 3.33. The number of anilines is 1. The van der Waals surface area contributed by atoms with Crippen LogP contribution >= 0.6 is 23.4 Å². The summed E-state index contributed by atoms with van der Waals surface area (Å²) in [5.41, 5.74) is 6.12. The number of amides is 2. The lowest BCUT2D eigenvalue weighted by atomic mass is 9.99. The Morgan fingerprint density at radius 1 is 1.00 bits per heavy atom. The number of thioether (sulfide) groups is 1. The molecule has 1 atom stereocenters. The van der Waals surface area contributed by atoms with Crippen LogP contribution < -0.4 is 10.2 Å². The Balaban J connectivity index is 1.52. The van der Waals surface area contributed by atoms with E-state index in [1.807, 2.05) is 104 Å². The number of carbonyl (C=O) groups is 2. The highest BCUT2D eigenvalue weighted by Crippen LogP contribution is 2.48. The predicted molar refractivity (Wildman–Crippen MR) is 168 cm³/mol. The molecule has 42 heavy (non-hydrogen) atoms. The Hall–Kier alpha value is -4.40. The highest BCUT2D eigenvalue weighted by Gasteiger charge is 2.37. The molecule has 0 radical (unpaired) electrons. The summed E-state index contributed by atoms with van der Waals surface area (Å²) in [4.78, 5) is 33.0. The fourth-order valence-corrected chi connectivity index (χ4v) is 6.41. The molecule has 1 aliphatic rings. The van der Waals surface area contributed by atoms with Crippen LogP contribution in [-0.2, 0) is 16.1 Å². The number of nitrogens with zero attached hydrogens (tertiary/aromatic N) is 4. The number of rotatable bonds is 7. The van der Waals surface area contributed by atoms with Crippen molar-refractivity contribution in [2.24, 2.45) is 0 Å². The first-order chi connectivity index (χ1) is 20.5. The van der Waals surface area contributed by atoms with Crippen molar-refractivity contribution in [2.75, 3.05) is 17.2 Å². The predicted octanol–water partition coefficient (Wildman–Crippen LogP) is 6.38. The summed E-state index contributed by atoms with van der Waals surface area (Å²) in [7, 11) is 0. The van der Waals surface area contributed by atoms with Crippen LogP contribution in [0, 0.1) is 6.92 Å². The molecule has 1 N–H and O–H groups in total. The van der Waals surface area contributed by atoms with Crippen molar-refractivity contribution < 1.29 is 9.59 Å². The zero-order chi connectivity index (χ0) is 29.1. The maximum Gasteiger partial charge on any atom is 0.240 e. The van der Waals surface area contributed by atoms with Gasteiger partial charge in [-0.15, -0.1) is 11.8 Å². The third-order valence-corrected chi connectivity index (χ3v) is 8.55. The standard InChI is InChI=1S/C33H28ClN5O2S/c1-22-13-15-27(16-14-22)39-33-30(31(37-39)23-8-3-2-4-9-23)32(24-10-7-11-25(34)18-24)42-21-29(41)38(33)20-28(40)36-19-26-12-5-6-17-35-26/h2-18,32H,19-21H2,1H3,(H,36,40). The second kappa shape index (κ2) is 12.2. The number of hydrogen-bond acceptors (Lipinski definition) is 5. The van der Waals surface area contributed by atoms with Gasteiger partial charge >= 0.3 is 0 Å². The number of benzene rings is 3. The van der Waals surface area contributed by atoms with E-state index in [-0.39, 0.29) is 35.9 Å². The van der Waals surface area contributed by atoms with Gasteiger partial charge in [0.25, 0.3) is 0 Å². The molecule has 6 rings (SSSR count). The lowest BCUT2D eigenvalue weighted by molar-refractivity contribution is -0.123. The first kappa shape index (κ1) is 27.8. The summed E-state index contributed by atoms with van der Waals surface area (Å²) in [6, 6.07) is 31.2. The van der Waals surface area contributed by atoms with E-state index in [1.54, 1.807) is 15.8 Å². The molecule has 9 heteroatoms. The van der Waals surface area contributed by atoms with Gasteiger partial charge in [-0.3, -0.25) is 19.5 Å². The minimum atomic E-state index is -0.288. The van der Waals surface area contributed by atoms with Crippen molar-refractivity contribution >= 4 is 41.0 Å². The van der Waals surface area contributed by atoms with E-state index in [4.69, 9.17) is 16.7 Å². The van der Waals surface area contributed by atoms with Crippen molar-refractivity contribution in [3.63, 3.8) is 0 Å². The van der Waals surface area contributed by atoms with E-state index < -0.39 is 0 Å². The number of nitrogens with one attached hydrogen (secondary N) is 1. The molecule has 0 saturated carbocycles. The molecule has 210 valence electrons. The highest BCUT2D eigenvalue weighted by atomic mass is 35.5. The second-order valence-corrected chi connectivity index (χ2v) is 11.6. The molecule has 0 spiro atoms. The molecule has 3 heterocycles. The van der Waals surface area contributed by atoms with Gasteiger partial charge in [0.2, 0.25) is 11.8 Å². The number of pyridine rings is 1. The van der Waals surface area contributed by atoms with Crippen molar-refractivity contribution in [1.82, 2.24) is 20.1 Å². The normalized spacial score (nSPS) is 14.8. The minimum Gasteiger partial charge on any atom is -0.349 e. The van der Waals surface area contributed by atoms with Crippen LogP contribution in [0.4, 0.5) is 5.82 Å². The van der Waals surface area contributed by atoms with E-state index in [0.717, 1.165) is 39.3 Å². The van der Waals surface area contributed by atoms with E-state index in [9.17, 15) is 9.59 Å². The SMILES string of the molecule is Cc1ccc(-n2nc(-c3ccccc3)c3c2N(CC(=O)NCc2ccccn2)C(=O)CSC3c2cccc(Cl)c2)cc1. The van der Waals surface area contributed by atoms with Crippen molar-refractivity contribution in [2.45, 2.75) is 18.7 Å². The van der Waals surface area contributed by atoms with Gasteiger partial charge in [0.05, 0.1) is 34.6 Å². The van der Waals surface area contributed by atoms with Gasteiger partial charge in [-0.2, -0.15) is 5.10 Å². The fraction of sp³-hybridized carbons (Fsp3) is 0.152. The summed E-state index contributed by atoms with van der Waals surface area (Å²) < 4.78 is 1.80. The van der Waals surface area contributed by atoms with Gasteiger partial charge < -0.3 is 5.32 Å². The van der Waals surface area contributed by atoms with Crippen LogP contribution in [0.5, 0.6) is 0 Å². The van der Waals surface area contributed by atoms with Crippen LogP contribution in [0.1, 0.15) is 27.6 Å². The Morgan fingerprint density at radius 2 is 1.79 bits per heavy atom. The lowest BCUT2D eigenvalue weighted by Gasteiger charge is -2.23. The quantitative estimate of drug-likeness (QED) is 0.237. The number of aromatic nitrogens is 3. The fourth-order valence-electron chi connectivity index (χ4n) is 5.02. The van der Waals surface area contributed by atoms with E-state index in [1.165, 1.54) is 11.8 Å². The molecular weight excluding hydrogens is 566 g/mol. The molecule has 0 aliphatic carbocycles. The van der Waals surface area contributed by atoms with Gasteiger partial charge in [0.15, 0.2) is 0 Å². The summed E-state index contributed by atoms with van der Waals surface area (Å²) in [6.07, 6.45) is 1.69. The number of carbonyl (C=O) groups excluding carboxylic acids is 2. The zero-order valence-corrected chi connectivity index (χ0v) is 24.5. The minimum absolute atomic E-state index is 0.159. The van der Waals surface area contributed by atoms with Gasteiger partial charge in [-0.25, -0.2) is 4.68 Å². The Labute approximate surface area is 253 Å². The molecule has 3 aromatic carbocycles.